The van der Waals surface area contributed by atoms with Crippen molar-refractivity contribution in [2.75, 3.05) is 17.6 Å². The molecule has 3 rings (SSSR count). The number of hydrogen-bond acceptors (Lipinski definition) is 8. The number of aryl methyl sites for hydroxylation is 1. The van der Waals surface area contributed by atoms with Crippen LogP contribution in [0.1, 0.15) is 31.0 Å². The van der Waals surface area contributed by atoms with Gasteiger partial charge in [-0.2, -0.15) is 18.4 Å². The normalized spacial score (nSPS) is 11.2. The summed E-state index contributed by atoms with van der Waals surface area (Å²) in [5, 5.41) is 3.14. The Morgan fingerprint density at radius 2 is 1.97 bits per heavy atom. The van der Waals surface area contributed by atoms with Crippen molar-refractivity contribution < 1.29 is 17.5 Å². The van der Waals surface area contributed by atoms with Crippen molar-refractivity contribution >= 4 is 33.3 Å². The zero-order valence-electron chi connectivity index (χ0n) is 16.0. The molecule has 0 aliphatic heterocycles. The Labute approximate surface area is 166 Å². The Kier molecular flexibility index (Phi) is 7.25. The highest BCUT2D eigenvalue weighted by molar-refractivity contribution is 7.79. The first-order valence-electron chi connectivity index (χ1n) is 8.69. The fraction of sp³-hybridized carbons (Fsp3) is 0.375. The van der Waals surface area contributed by atoms with Gasteiger partial charge in [-0.05, 0) is 25.0 Å². The number of H-pyrrole nitrogens is 1. The quantitative estimate of drug-likeness (QED) is 0.281. The summed E-state index contributed by atoms with van der Waals surface area (Å²) in [4.78, 5) is 27.9. The van der Waals surface area contributed by atoms with Crippen molar-refractivity contribution in [3.8, 4) is 0 Å². The highest BCUT2D eigenvalue weighted by Crippen LogP contribution is 2.17. The van der Waals surface area contributed by atoms with E-state index < -0.39 is 10.4 Å². The van der Waals surface area contributed by atoms with Crippen LogP contribution in [0.2, 0.25) is 0 Å². The van der Waals surface area contributed by atoms with Crippen LogP contribution in [0.4, 0.5) is 11.8 Å². The summed E-state index contributed by atoms with van der Waals surface area (Å²) >= 11 is 0. The largest absolute Gasteiger partial charge is 0.394 e. The lowest BCUT2D eigenvalue weighted by molar-refractivity contribution is 0.381. The van der Waals surface area contributed by atoms with Crippen molar-refractivity contribution in [2.24, 2.45) is 0 Å². The lowest BCUT2D eigenvalue weighted by Gasteiger charge is -2.07. The van der Waals surface area contributed by atoms with E-state index in [1.807, 2.05) is 19.1 Å². The molecule has 0 bridgehead atoms. The minimum Gasteiger partial charge on any atom is -0.382 e. The van der Waals surface area contributed by atoms with Gasteiger partial charge in [0.2, 0.25) is 5.95 Å². The smallest absolute Gasteiger partial charge is 0.382 e. The number of anilines is 2. The number of hydrogen-bond donors (Lipinski definition) is 5. The molecule has 3 heterocycles. The monoisotopic (exact) mass is 425 g/mol. The highest BCUT2D eigenvalue weighted by atomic mass is 32.3. The van der Waals surface area contributed by atoms with Crippen LogP contribution >= 0.6 is 0 Å². The molecule has 158 valence electrons. The maximum atomic E-state index is 12.3. The predicted molar refractivity (Wildman–Crippen MR) is 108 cm³/mol. The molecule has 0 atom stereocenters. The SMILES string of the molecule is CCCCNc1nc(N)c2[nH]c(=O)n(Cc3ccc(C)nc3)c2n1.O=S(=O)(O)O. The molecule has 0 fully saturated rings. The van der Waals surface area contributed by atoms with Gasteiger partial charge in [-0.25, -0.2) is 4.79 Å². The number of fused-ring (bicyclic) bond motifs is 1. The molecule has 13 heteroatoms. The van der Waals surface area contributed by atoms with Crippen molar-refractivity contribution in [3.63, 3.8) is 0 Å². The molecule has 0 radical (unpaired) electrons. The Bertz CT molecular complexity index is 1120. The minimum absolute atomic E-state index is 0.261. The number of nitrogens with one attached hydrogen (secondary N) is 2. The molecular formula is C16H23N7O5S. The van der Waals surface area contributed by atoms with Gasteiger partial charge in [0, 0.05) is 18.4 Å². The third-order valence-corrected chi connectivity index (χ3v) is 3.78. The first-order valence-corrected chi connectivity index (χ1v) is 10.1. The lowest BCUT2D eigenvalue weighted by atomic mass is 10.2. The molecule has 0 aromatic carbocycles. The zero-order chi connectivity index (χ0) is 21.6. The van der Waals surface area contributed by atoms with E-state index in [4.69, 9.17) is 23.3 Å². The van der Waals surface area contributed by atoms with Crippen LogP contribution in [0, 0.1) is 6.92 Å². The average molecular weight is 425 g/mol. The van der Waals surface area contributed by atoms with Crippen LogP contribution in [-0.2, 0) is 16.9 Å². The predicted octanol–water partition coefficient (Wildman–Crippen LogP) is 1.01. The van der Waals surface area contributed by atoms with Gasteiger partial charge in [0.05, 0.1) is 6.54 Å². The number of aromatic amines is 1. The summed E-state index contributed by atoms with van der Waals surface area (Å²) < 4.78 is 33.1. The number of nitrogen functional groups attached to an aromatic ring is 1. The van der Waals surface area contributed by atoms with E-state index in [0.717, 1.165) is 30.6 Å². The fourth-order valence-electron chi connectivity index (χ4n) is 2.43. The number of nitrogens with zero attached hydrogens (tertiary/aromatic N) is 4. The molecule has 0 amide bonds. The van der Waals surface area contributed by atoms with E-state index in [9.17, 15) is 4.79 Å². The van der Waals surface area contributed by atoms with Crippen molar-refractivity contribution in [1.29, 1.82) is 0 Å². The molecule has 0 spiro atoms. The van der Waals surface area contributed by atoms with E-state index in [-0.39, 0.29) is 11.5 Å². The molecule has 3 aromatic rings. The Morgan fingerprint density at radius 3 is 2.55 bits per heavy atom. The van der Waals surface area contributed by atoms with Crippen LogP contribution in [0.25, 0.3) is 11.2 Å². The number of unbranched alkanes of at least 4 members (excludes halogenated alkanes) is 1. The number of aromatic nitrogens is 5. The van der Waals surface area contributed by atoms with Gasteiger partial charge in [0.25, 0.3) is 0 Å². The van der Waals surface area contributed by atoms with Crippen molar-refractivity contribution in [1.82, 2.24) is 24.5 Å². The molecule has 0 aliphatic carbocycles. The van der Waals surface area contributed by atoms with Gasteiger partial charge in [0.15, 0.2) is 11.5 Å². The van der Waals surface area contributed by atoms with Crippen molar-refractivity contribution in [3.05, 3.63) is 40.1 Å². The van der Waals surface area contributed by atoms with E-state index in [1.165, 1.54) is 0 Å². The maximum absolute atomic E-state index is 12.3. The van der Waals surface area contributed by atoms with Crippen LogP contribution in [0.3, 0.4) is 0 Å². The van der Waals surface area contributed by atoms with Crippen LogP contribution in [0.15, 0.2) is 23.1 Å². The minimum atomic E-state index is -4.67. The van der Waals surface area contributed by atoms with E-state index in [0.29, 0.717) is 23.7 Å². The van der Waals surface area contributed by atoms with Gasteiger partial charge in [-0.3, -0.25) is 18.7 Å². The molecule has 0 aliphatic rings. The van der Waals surface area contributed by atoms with Gasteiger partial charge < -0.3 is 16.0 Å². The third-order valence-electron chi connectivity index (χ3n) is 3.78. The summed E-state index contributed by atoms with van der Waals surface area (Å²) in [6.07, 6.45) is 3.84. The van der Waals surface area contributed by atoms with Crippen molar-refractivity contribution in [2.45, 2.75) is 33.2 Å². The Morgan fingerprint density at radius 1 is 1.28 bits per heavy atom. The molecule has 6 N–H and O–H groups in total. The molecule has 3 aromatic heterocycles. The summed E-state index contributed by atoms with van der Waals surface area (Å²) in [6.45, 7) is 5.16. The molecule has 0 unspecified atom stereocenters. The number of nitrogens with two attached hydrogens (primary N) is 1. The Balaban J connectivity index is 0.000000537. The fourth-order valence-corrected chi connectivity index (χ4v) is 2.43. The zero-order valence-corrected chi connectivity index (χ0v) is 16.8. The summed E-state index contributed by atoms with van der Waals surface area (Å²) in [5.74, 6) is 0.695. The summed E-state index contributed by atoms with van der Waals surface area (Å²) in [6, 6.07) is 3.86. The highest BCUT2D eigenvalue weighted by Gasteiger charge is 2.14. The topological polar surface area (TPSA) is 189 Å². The number of imidazole rings is 1. The molecule has 12 nitrogen and oxygen atoms in total. The molecule has 29 heavy (non-hydrogen) atoms. The summed E-state index contributed by atoms with van der Waals surface area (Å²) in [7, 11) is -4.67. The van der Waals surface area contributed by atoms with E-state index in [1.54, 1.807) is 10.8 Å². The van der Waals surface area contributed by atoms with Crippen LogP contribution < -0.4 is 16.7 Å². The van der Waals surface area contributed by atoms with E-state index >= 15 is 0 Å². The molecular weight excluding hydrogens is 402 g/mol. The Hall–Kier alpha value is -3.03. The second-order valence-electron chi connectivity index (χ2n) is 6.18. The van der Waals surface area contributed by atoms with Crippen LogP contribution in [-0.4, -0.2) is 48.6 Å². The number of rotatable bonds is 6. The number of pyridine rings is 1. The lowest BCUT2D eigenvalue weighted by Crippen LogP contribution is -2.18. The van der Waals surface area contributed by atoms with E-state index in [2.05, 4.69) is 32.2 Å². The van der Waals surface area contributed by atoms with Gasteiger partial charge in [0.1, 0.15) is 5.52 Å². The molecule has 0 saturated carbocycles. The standard InChI is InChI=1S/C16H21N7O.H2O4S/c1-3-4-7-18-15-21-13(17)12-14(22-15)23(16(24)20-12)9-11-6-5-10(2)19-8-11;1-5(2,3)4/h5-6,8H,3-4,7,9H2,1-2H3,(H,20,24)(H3,17,18,21,22);(H2,1,2,3,4). The second-order valence-corrected chi connectivity index (χ2v) is 7.08. The first-order chi connectivity index (χ1) is 13.6. The van der Waals surface area contributed by atoms with Crippen LogP contribution in [0.5, 0.6) is 0 Å². The molecule has 0 saturated heterocycles. The third kappa shape index (κ3) is 6.81. The summed E-state index contributed by atoms with van der Waals surface area (Å²) in [5.41, 5.74) is 8.50. The van der Waals surface area contributed by atoms with Gasteiger partial charge >= 0.3 is 16.1 Å². The maximum Gasteiger partial charge on any atom is 0.394 e. The second kappa shape index (κ2) is 9.45. The van der Waals surface area contributed by atoms with Gasteiger partial charge in [-0.15, -0.1) is 0 Å². The van der Waals surface area contributed by atoms with Gasteiger partial charge in [-0.1, -0.05) is 19.4 Å². The first kappa shape index (κ1) is 22.3. The average Bonchev–Trinajstić information content (AvgIpc) is 2.92.